The molecular formula is C15H23Br2NO3. The van der Waals surface area contributed by atoms with Crippen molar-refractivity contribution in [3.05, 3.63) is 26.6 Å². The van der Waals surface area contributed by atoms with E-state index < -0.39 is 6.10 Å². The molecule has 1 rings (SSSR count). The topological polar surface area (TPSA) is 50.7 Å². The Hall–Kier alpha value is -0.140. The number of ether oxygens (including phenoxy) is 2. The van der Waals surface area contributed by atoms with Gasteiger partial charge in [0.05, 0.1) is 15.6 Å². The maximum atomic E-state index is 9.84. The second-order valence-electron chi connectivity index (χ2n) is 4.81. The van der Waals surface area contributed by atoms with Gasteiger partial charge in [-0.1, -0.05) is 13.3 Å². The molecule has 120 valence electrons. The molecule has 0 heterocycles. The van der Waals surface area contributed by atoms with Crippen molar-refractivity contribution in [2.45, 2.75) is 32.4 Å². The second-order valence-corrected chi connectivity index (χ2v) is 6.52. The van der Waals surface area contributed by atoms with Crippen molar-refractivity contribution in [1.82, 2.24) is 5.32 Å². The van der Waals surface area contributed by atoms with Crippen molar-refractivity contribution < 1.29 is 14.6 Å². The lowest BCUT2D eigenvalue weighted by Gasteiger charge is -2.15. The van der Waals surface area contributed by atoms with Crippen LogP contribution >= 0.6 is 31.9 Å². The Morgan fingerprint density at radius 1 is 1.24 bits per heavy atom. The Morgan fingerprint density at radius 3 is 2.48 bits per heavy atom. The first-order valence-electron chi connectivity index (χ1n) is 7.09. The van der Waals surface area contributed by atoms with E-state index >= 15 is 0 Å². The fourth-order valence-electron chi connectivity index (χ4n) is 1.75. The van der Waals surface area contributed by atoms with Crippen LogP contribution in [0.1, 0.15) is 25.3 Å². The third kappa shape index (κ3) is 7.10. The highest BCUT2D eigenvalue weighted by Crippen LogP contribution is 2.34. The summed E-state index contributed by atoms with van der Waals surface area (Å²) in [6.07, 6.45) is 1.47. The summed E-state index contributed by atoms with van der Waals surface area (Å²) in [4.78, 5) is 0. The highest BCUT2D eigenvalue weighted by molar-refractivity contribution is 9.11. The predicted octanol–water partition coefficient (Wildman–Crippen LogP) is 3.49. The van der Waals surface area contributed by atoms with Crippen LogP contribution in [0.4, 0.5) is 0 Å². The first kappa shape index (κ1) is 18.9. The predicted molar refractivity (Wildman–Crippen MR) is 91.8 cm³/mol. The molecule has 0 spiro atoms. The average Bonchev–Trinajstić information content (AvgIpc) is 2.43. The minimum absolute atomic E-state index is 0.203. The standard InChI is InChI=1S/C15H23Br2NO3/c1-3-4-5-20-9-12(19)10-21-15-13(16)6-11(8-18-2)7-14(15)17/h6-7,12,18-19H,3-5,8-10H2,1-2H3. The zero-order valence-electron chi connectivity index (χ0n) is 12.5. The molecule has 2 N–H and O–H groups in total. The number of benzene rings is 1. The minimum atomic E-state index is -0.627. The summed E-state index contributed by atoms with van der Waals surface area (Å²) in [7, 11) is 1.90. The zero-order valence-corrected chi connectivity index (χ0v) is 15.7. The molecule has 21 heavy (non-hydrogen) atoms. The zero-order chi connectivity index (χ0) is 15.7. The molecule has 0 fully saturated rings. The van der Waals surface area contributed by atoms with Gasteiger partial charge in [-0.05, 0) is 63.0 Å². The van der Waals surface area contributed by atoms with E-state index in [0.29, 0.717) is 19.0 Å². The number of halogens is 2. The van der Waals surface area contributed by atoms with Gasteiger partial charge >= 0.3 is 0 Å². The Morgan fingerprint density at radius 2 is 1.90 bits per heavy atom. The highest BCUT2D eigenvalue weighted by atomic mass is 79.9. The van der Waals surface area contributed by atoms with Crippen LogP contribution in [-0.2, 0) is 11.3 Å². The van der Waals surface area contributed by atoms with Crippen molar-refractivity contribution in [3.8, 4) is 5.75 Å². The van der Waals surface area contributed by atoms with Gasteiger partial charge in [-0.2, -0.15) is 0 Å². The summed E-state index contributed by atoms with van der Waals surface area (Å²) in [5.41, 5.74) is 1.15. The largest absolute Gasteiger partial charge is 0.488 e. The van der Waals surface area contributed by atoms with Crippen LogP contribution in [-0.4, -0.2) is 38.1 Å². The van der Waals surface area contributed by atoms with E-state index in [9.17, 15) is 5.11 Å². The molecule has 0 radical (unpaired) electrons. The summed E-state index contributed by atoms with van der Waals surface area (Å²) in [6.45, 7) is 4.07. The van der Waals surface area contributed by atoms with Crippen molar-refractivity contribution in [1.29, 1.82) is 0 Å². The second kappa shape index (κ2) is 10.6. The van der Waals surface area contributed by atoms with Gasteiger partial charge in [-0.15, -0.1) is 0 Å². The number of nitrogens with one attached hydrogen (secondary N) is 1. The van der Waals surface area contributed by atoms with E-state index in [1.165, 1.54) is 0 Å². The molecule has 4 nitrogen and oxygen atoms in total. The van der Waals surface area contributed by atoms with Crippen molar-refractivity contribution >= 4 is 31.9 Å². The van der Waals surface area contributed by atoms with Crippen LogP contribution in [0.25, 0.3) is 0 Å². The van der Waals surface area contributed by atoms with Crippen LogP contribution in [0.15, 0.2) is 21.1 Å². The molecule has 1 aromatic carbocycles. The minimum Gasteiger partial charge on any atom is -0.488 e. The van der Waals surface area contributed by atoms with E-state index in [4.69, 9.17) is 9.47 Å². The molecule has 6 heteroatoms. The molecule has 0 aliphatic heterocycles. The molecule has 0 aliphatic rings. The Bertz CT molecular complexity index is 406. The molecule has 0 bridgehead atoms. The fraction of sp³-hybridized carbons (Fsp3) is 0.600. The van der Waals surface area contributed by atoms with Crippen LogP contribution in [0, 0.1) is 0 Å². The summed E-state index contributed by atoms with van der Waals surface area (Å²) in [6, 6.07) is 4.00. The van der Waals surface area contributed by atoms with Gasteiger partial charge < -0.3 is 19.9 Å². The third-order valence-corrected chi connectivity index (χ3v) is 3.99. The van der Waals surface area contributed by atoms with Crippen LogP contribution in [0.5, 0.6) is 5.75 Å². The molecule has 0 aliphatic carbocycles. The molecule has 0 aromatic heterocycles. The lowest BCUT2D eigenvalue weighted by atomic mass is 10.2. The van der Waals surface area contributed by atoms with Crippen molar-refractivity contribution in [3.63, 3.8) is 0 Å². The van der Waals surface area contributed by atoms with E-state index in [2.05, 4.69) is 44.1 Å². The van der Waals surface area contributed by atoms with Gasteiger partial charge in [0.25, 0.3) is 0 Å². The van der Waals surface area contributed by atoms with Crippen LogP contribution < -0.4 is 10.1 Å². The number of hydrogen-bond acceptors (Lipinski definition) is 4. The maximum absolute atomic E-state index is 9.84. The number of rotatable bonds is 10. The van der Waals surface area contributed by atoms with E-state index in [-0.39, 0.29) is 6.61 Å². The fourth-order valence-corrected chi connectivity index (χ4v) is 3.26. The first-order valence-corrected chi connectivity index (χ1v) is 8.68. The van der Waals surface area contributed by atoms with Gasteiger partial charge in [0, 0.05) is 13.2 Å². The quantitative estimate of drug-likeness (QED) is 0.564. The smallest absolute Gasteiger partial charge is 0.147 e. The lowest BCUT2D eigenvalue weighted by Crippen LogP contribution is -2.24. The monoisotopic (exact) mass is 423 g/mol. The van der Waals surface area contributed by atoms with Crippen LogP contribution in [0.2, 0.25) is 0 Å². The van der Waals surface area contributed by atoms with E-state index in [1.54, 1.807) is 0 Å². The summed E-state index contributed by atoms with van der Waals surface area (Å²) in [5, 5.41) is 12.9. The molecule has 0 saturated carbocycles. The molecule has 0 amide bonds. The molecular weight excluding hydrogens is 402 g/mol. The number of unbranched alkanes of at least 4 members (excludes halogenated alkanes) is 1. The van der Waals surface area contributed by atoms with E-state index in [0.717, 1.165) is 33.9 Å². The summed E-state index contributed by atoms with van der Waals surface area (Å²) in [5.74, 6) is 0.697. The maximum Gasteiger partial charge on any atom is 0.147 e. The Labute approximate surface area is 143 Å². The summed E-state index contributed by atoms with van der Waals surface area (Å²) >= 11 is 6.99. The number of hydrogen-bond donors (Lipinski definition) is 2. The number of aliphatic hydroxyl groups excluding tert-OH is 1. The Kier molecular flexibility index (Phi) is 9.51. The van der Waals surface area contributed by atoms with Gasteiger partial charge in [-0.25, -0.2) is 0 Å². The van der Waals surface area contributed by atoms with E-state index in [1.807, 2.05) is 19.2 Å². The van der Waals surface area contributed by atoms with Crippen LogP contribution in [0.3, 0.4) is 0 Å². The average molecular weight is 425 g/mol. The molecule has 1 atom stereocenters. The highest BCUT2D eigenvalue weighted by Gasteiger charge is 2.12. The van der Waals surface area contributed by atoms with Gasteiger partial charge in [0.1, 0.15) is 18.5 Å². The first-order chi connectivity index (χ1) is 10.1. The normalized spacial score (nSPS) is 12.4. The SMILES string of the molecule is CCCCOCC(O)COc1c(Br)cc(CNC)cc1Br. The Balaban J connectivity index is 2.47. The van der Waals surface area contributed by atoms with Gasteiger partial charge in [-0.3, -0.25) is 0 Å². The third-order valence-electron chi connectivity index (χ3n) is 2.81. The van der Waals surface area contributed by atoms with Gasteiger partial charge in [0.15, 0.2) is 0 Å². The van der Waals surface area contributed by atoms with Gasteiger partial charge in [0.2, 0.25) is 0 Å². The molecule has 0 saturated heterocycles. The van der Waals surface area contributed by atoms with Crippen molar-refractivity contribution in [2.75, 3.05) is 26.9 Å². The molecule has 1 unspecified atom stereocenters. The summed E-state index contributed by atoms with van der Waals surface area (Å²) < 4.78 is 12.8. The number of aliphatic hydroxyl groups is 1. The molecule has 1 aromatic rings. The lowest BCUT2D eigenvalue weighted by molar-refractivity contribution is 0.0110. The van der Waals surface area contributed by atoms with Crippen molar-refractivity contribution in [2.24, 2.45) is 0 Å².